The van der Waals surface area contributed by atoms with E-state index in [1.165, 1.54) is 32.1 Å². The number of guanidine groups is 2. The van der Waals surface area contributed by atoms with E-state index < -0.39 is 0 Å². The first-order chi connectivity index (χ1) is 11.5. The van der Waals surface area contributed by atoms with Crippen LogP contribution in [0, 0.1) is 0 Å². The van der Waals surface area contributed by atoms with Gasteiger partial charge >= 0.3 is 0 Å². The van der Waals surface area contributed by atoms with Gasteiger partial charge in [0.25, 0.3) is 0 Å². The third-order valence-electron chi connectivity index (χ3n) is 3.47. The zero-order valence-corrected chi connectivity index (χ0v) is 17.4. The van der Waals surface area contributed by atoms with E-state index in [0.717, 1.165) is 12.0 Å². The highest BCUT2D eigenvalue weighted by Gasteiger charge is 2.00. The molecule has 7 N–H and O–H groups in total. The Morgan fingerprint density at radius 1 is 0.962 bits per heavy atom. The predicted octanol–water partition coefficient (Wildman–Crippen LogP) is 3.67. The Hall–Kier alpha value is -1.21. The van der Waals surface area contributed by atoms with Crippen molar-refractivity contribution in [2.45, 2.75) is 52.0 Å². The molecule has 0 aliphatic rings. The molecule has 0 saturated heterocycles. The number of nitrogens with zero attached hydrogens (tertiary/aromatic N) is 2. The lowest BCUT2D eigenvalue weighted by molar-refractivity contribution is 0.612. The Morgan fingerprint density at radius 3 is 2.23 bits per heavy atom. The molecule has 150 valence electrons. The lowest BCUT2D eigenvalue weighted by Gasteiger charge is -2.05. The molecule has 0 aliphatic carbocycles. The molecular formula is C17H30Cl3N5O. The van der Waals surface area contributed by atoms with Crippen LogP contribution in [0.1, 0.15) is 51.0 Å². The summed E-state index contributed by atoms with van der Waals surface area (Å²) in [6.07, 6.45) is 7.32. The summed E-state index contributed by atoms with van der Waals surface area (Å²) in [5.41, 5.74) is 12.5. The molecular weight excluding hydrogens is 397 g/mol. The molecule has 0 saturated carbocycles. The third kappa shape index (κ3) is 12.2. The van der Waals surface area contributed by atoms with Gasteiger partial charge in [-0.2, -0.15) is 0 Å². The fraction of sp³-hybridized carbons (Fsp3) is 0.529. The smallest absolute Gasteiger partial charge is 0.195 e. The maximum Gasteiger partial charge on any atom is 0.195 e. The van der Waals surface area contributed by atoms with Crippen LogP contribution in [0.3, 0.4) is 0 Å². The van der Waals surface area contributed by atoms with Crippen molar-refractivity contribution in [3.63, 3.8) is 0 Å². The van der Waals surface area contributed by atoms with E-state index in [1.807, 2.05) is 6.07 Å². The molecule has 26 heavy (non-hydrogen) atoms. The molecule has 0 aliphatic heterocycles. The number of benzene rings is 1. The van der Waals surface area contributed by atoms with Gasteiger partial charge in [-0.1, -0.05) is 68.3 Å². The average Bonchev–Trinajstić information content (AvgIpc) is 2.55. The SMILES string of the molecule is CCCCCCCCN=C(N)NC(N)=NCc1ccc(Cl)c(Cl)c1.Cl.O. The Morgan fingerprint density at radius 2 is 1.58 bits per heavy atom. The zero-order valence-electron chi connectivity index (χ0n) is 15.1. The summed E-state index contributed by atoms with van der Waals surface area (Å²) in [5, 5.41) is 3.80. The van der Waals surface area contributed by atoms with E-state index in [1.54, 1.807) is 12.1 Å². The number of hydrogen-bond donors (Lipinski definition) is 3. The molecule has 0 atom stereocenters. The highest BCUT2D eigenvalue weighted by molar-refractivity contribution is 6.42. The van der Waals surface area contributed by atoms with E-state index in [0.29, 0.717) is 29.1 Å². The first kappa shape index (κ1) is 27.0. The molecule has 0 fully saturated rings. The lowest BCUT2D eigenvalue weighted by Crippen LogP contribution is -2.41. The maximum absolute atomic E-state index is 5.96. The van der Waals surface area contributed by atoms with Gasteiger partial charge in [-0.3, -0.25) is 10.3 Å². The van der Waals surface area contributed by atoms with Crippen molar-refractivity contribution in [3.05, 3.63) is 33.8 Å². The van der Waals surface area contributed by atoms with Crippen LogP contribution in [0.2, 0.25) is 10.0 Å². The van der Waals surface area contributed by atoms with Crippen LogP contribution in [0.4, 0.5) is 0 Å². The molecule has 6 nitrogen and oxygen atoms in total. The number of aliphatic imine (C=N–C) groups is 2. The van der Waals surface area contributed by atoms with Crippen LogP contribution < -0.4 is 16.8 Å². The van der Waals surface area contributed by atoms with Gasteiger partial charge in [0.05, 0.1) is 16.6 Å². The summed E-state index contributed by atoms with van der Waals surface area (Å²) in [4.78, 5) is 8.45. The minimum atomic E-state index is 0. The van der Waals surface area contributed by atoms with Crippen molar-refractivity contribution >= 4 is 47.5 Å². The van der Waals surface area contributed by atoms with Gasteiger partial charge in [-0.05, 0) is 24.1 Å². The van der Waals surface area contributed by atoms with Gasteiger partial charge in [0.1, 0.15) is 0 Å². The second-order valence-electron chi connectivity index (χ2n) is 5.61. The molecule has 0 unspecified atom stereocenters. The summed E-state index contributed by atoms with van der Waals surface area (Å²) >= 11 is 11.8. The number of nitrogens with one attached hydrogen (secondary N) is 1. The molecule has 0 heterocycles. The van der Waals surface area contributed by atoms with Crippen molar-refractivity contribution in [1.82, 2.24) is 5.32 Å². The number of halogens is 3. The molecule has 0 aromatic heterocycles. The summed E-state index contributed by atoms with van der Waals surface area (Å²) < 4.78 is 0. The lowest BCUT2D eigenvalue weighted by atomic mass is 10.1. The van der Waals surface area contributed by atoms with Crippen molar-refractivity contribution < 1.29 is 5.48 Å². The number of hydrogen-bond acceptors (Lipinski definition) is 2. The molecule has 1 aromatic rings. The first-order valence-electron chi connectivity index (χ1n) is 8.33. The van der Waals surface area contributed by atoms with Crippen molar-refractivity contribution in [3.8, 4) is 0 Å². The van der Waals surface area contributed by atoms with Crippen molar-refractivity contribution in [2.24, 2.45) is 21.5 Å². The van der Waals surface area contributed by atoms with Gasteiger partial charge in [0.2, 0.25) is 0 Å². The predicted molar refractivity (Wildman–Crippen MR) is 116 cm³/mol. The van der Waals surface area contributed by atoms with Crippen LogP contribution in [0.25, 0.3) is 0 Å². The van der Waals surface area contributed by atoms with Gasteiger partial charge in [0.15, 0.2) is 11.9 Å². The van der Waals surface area contributed by atoms with Crippen LogP contribution in [0.5, 0.6) is 0 Å². The van der Waals surface area contributed by atoms with Crippen molar-refractivity contribution in [2.75, 3.05) is 6.54 Å². The van der Waals surface area contributed by atoms with E-state index >= 15 is 0 Å². The summed E-state index contributed by atoms with van der Waals surface area (Å²) in [7, 11) is 0. The molecule has 0 radical (unpaired) electrons. The zero-order chi connectivity index (χ0) is 17.8. The van der Waals surface area contributed by atoms with Crippen LogP contribution in [-0.4, -0.2) is 23.9 Å². The number of unbranched alkanes of at least 4 members (excludes halogenated alkanes) is 5. The van der Waals surface area contributed by atoms with E-state index in [2.05, 4.69) is 22.2 Å². The van der Waals surface area contributed by atoms with Crippen molar-refractivity contribution in [1.29, 1.82) is 0 Å². The number of nitrogens with two attached hydrogens (primary N) is 2. The van der Waals surface area contributed by atoms with Crippen LogP contribution in [0.15, 0.2) is 28.2 Å². The maximum atomic E-state index is 5.96. The summed E-state index contributed by atoms with van der Waals surface area (Å²) in [5.74, 6) is 0.518. The highest BCUT2D eigenvalue weighted by atomic mass is 35.5. The molecule has 0 spiro atoms. The van der Waals surface area contributed by atoms with Crippen LogP contribution in [-0.2, 0) is 6.54 Å². The minimum Gasteiger partial charge on any atom is -0.412 e. The van der Waals surface area contributed by atoms with E-state index in [4.69, 9.17) is 34.7 Å². The largest absolute Gasteiger partial charge is 0.412 e. The standard InChI is InChI=1S/C17H27Cl2N5.ClH.H2O/c1-2-3-4-5-6-7-10-22-16(20)24-17(21)23-12-13-8-9-14(18)15(19)11-13;;/h8-9,11H,2-7,10,12H2,1H3,(H5,20,21,22,23,24);1H;1H2. The molecule has 9 heteroatoms. The summed E-state index contributed by atoms with van der Waals surface area (Å²) in [6, 6.07) is 5.34. The molecule has 1 rings (SSSR count). The molecule has 0 amide bonds. The Kier molecular flexibility index (Phi) is 16.6. The van der Waals surface area contributed by atoms with Gasteiger partial charge in [-0.15, -0.1) is 12.4 Å². The molecule has 0 bridgehead atoms. The monoisotopic (exact) mass is 425 g/mol. The third-order valence-corrected chi connectivity index (χ3v) is 4.20. The highest BCUT2D eigenvalue weighted by Crippen LogP contribution is 2.22. The molecule has 1 aromatic carbocycles. The normalized spacial score (nSPS) is 11.5. The van der Waals surface area contributed by atoms with Gasteiger partial charge in [0, 0.05) is 6.54 Å². The van der Waals surface area contributed by atoms with Crippen LogP contribution >= 0.6 is 35.6 Å². The average molecular weight is 427 g/mol. The Labute approximate surface area is 172 Å². The topological polar surface area (TPSA) is 120 Å². The quantitative estimate of drug-likeness (QED) is 0.317. The first-order valence-corrected chi connectivity index (χ1v) is 9.09. The Balaban J connectivity index is 0. The second kappa shape index (κ2) is 16.0. The fourth-order valence-corrected chi connectivity index (χ4v) is 2.44. The van der Waals surface area contributed by atoms with E-state index in [-0.39, 0.29) is 23.8 Å². The minimum absolute atomic E-state index is 0. The second-order valence-corrected chi connectivity index (χ2v) is 6.42. The van der Waals surface area contributed by atoms with Gasteiger partial charge < -0.3 is 16.9 Å². The Bertz CT molecular complexity index is 567. The summed E-state index contributed by atoms with van der Waals surface area (Å²) in [6.45, 7) is 3.30. The van der Waals surface area contributed by atoms with E-state index in [9.17, 15) is 0 Å². The number of rotatable bonds is 9. The van der Waals surface area contributed by atoms with Gasteiger partial charge in [-0.25, -0.2) is 4.99 Å². The fourth-order valence-electron chi connectivity index (χ4n) is 2.12.